The van der Waals surface area contributed by atoms with Gasteiger partial charge in [0.25, 0.3) is 5.91 Å². The number of rotatable bonds is 8. The Morgan fingerprint density at radius 2 is 1.96 bits per heavy atom. The number of halogens is 2. The van der Waals surface area contributed by atoms with Crippen molar-refractivity contribution in [2.45, 2.75) is 32.5 Å². The predicted octanol–water partition coefficient (Wildman–Crippen LogP) is 3.38. The molecule has 1 N–H and O–H groups in total. The fourth-order valence-electron chi connectivity index (χ4n) is 1.99. The third-order valence-corrected chi connectivity index (χ3v) is 3.19. The van der Waals surface area contributed by atoms with Crippen LogP contribution in [0.2, 0.25) is 0 Å². The maximum absolute atomic E-state index is 12.4. The van der Waals surface area contributed by atoms with E-state index in [4.69, 9.17) is 9.15 Å². The summed E-state index contributed by atoms with van der Waals surface area (Å²) in [4.78, 5) is 23.8. The molecule has 6 nitrogen and oxygen atoms in total. The highest BCUT2D eigenvalue weighted by molar-refractivity contribution is 5.96. The summed E-state index contributed by atoms with van der Waals surface area (Å²) in [6, 6.07) is 9.17. The lowest BCUT2D eigenvalue weighted by Gasteiger charge is -2.15. The van der Waals surface area contributed by atoms with Gasteiger partial charge in [-0.2, -0.15) is 8.78 Å². The van der Waals surface area contributed by atoms with Gasteiger partial charge in [0.2, 0.25) is 0 Å². The topological polar surface area (TPSA) is 77.8 Å². The number of hydrogen-bond acceptors (Lipinski definition) is 5. The predicted molar refractivity (Wildman–Crippen MR) is 84.3 cm³/mol. The lowest BCUT2D eigenvalue weighted by molar-refractivity contribution is -0.153. The van der Waals surface area contributed by atoms with Crippen molar-refractivity contribution in [2.24, 2.45) is 0 Å². The minimum absolute atomic E-state index is 0.0518. The van der Waals surface area contributed by atoms with Crippen molar-refractivity contribution in [3.63, 3.8) is 0 Å². The molecule has 0 saturated heterocycles. The standard InChI is InChI=1S/C17H17F2NO5/c1-11(24-15(21)9-8-12-5-4-10-23-12)16(22)20-13-6-2-3-7-14(13)25-17(18)19/h2-7,10-11,17H,8-9H2,1H3,(H,20,22). The van der Waals surface area contributed by atoms with Crippen LogP contribution in [0.4, 0.5) is 14.5 Å². The number of aryl methyl sites for hydroxylation is 1. The van der Waals surface area contributed by atoms with E-state index in [0.717, 1.165) is 0 Å². The van der Waals surface area contributed by atoms with Crippen LogP contribution < -0.4 is 10.1 Å². The number of anilines is 1. The molecule has 2 rings (SSSR count). The smallest absolute Gasteiger partial charge is 0.387 e. The minimum atomic E-state index is -3.02. The van der Waals surface area contributed by atoms with Gasteiger partial charge >= 0.3 is 12.6 Å². The third-order valence-electron chi connectivity index (χ3n) is 3.19. The average molecular weight is 353 g/mol. The molecular formula is C17H17F2NO5. The summed E-state index contributed by atoms with van der Waals surface area (Å²) >= 11 is 0. The van der Waals surface area contributed by atoms with Crippen LogP contribution in [0.5, 0.6) is 5.75 Å². The van der Waals surface area contributed by atoms with Crippen LogP contribution in [-0.2, 0) is 20.7 Å². The first-order valence-corrected chi connectivity index (χ1v) is 7.52. The molecular weight excluding hydrogens is 336 g/mol. The van der Waals surface area contributed by atoms with Crippen molar-refractivity contribution in [3.8, 4) is 5.75 Å². The molecule has 0 aliphatic rings. The maximum atomic E-state index is 12.4. The number of hydrogen-bond donors (Lipinski definition) is 1. The molecule has 0 fully saturated rings. The van der Waals surface area contributed by atoms with E-state index in [-0.39, 0.29) is 17.9 Å². The van der Waals surface area contributed by atoms with E-state index < -0.39 is 24.6 Å². The van der Waals surface area contributed by atoms with Gasteiger partial charge in [0.05, 0.1) is 18.4 Å². The van der Waals surface area contributed by atoms with Crippen LogP contribution in [0.25, 0.3) is 0 Å². The first-order chi connectivity index (χ1) is 12.0. The summed E-state index contributed by atoms with van der Waals surface area (Å²) < 4.78 is 39.2. The van der Waals surface area contributed by atoms with Crippen LogP contribution in [0, 0.1) is 0 Å². The molecule has 0 saturated carbocycles. The monoisotopic (exact) mass is 353 g/mol. The average Bonchev–Trinajstić information content (AvgIpc) is 3.07. The summed E-state index contributed by atoms with van der Waals surface area (Å²) in [5, 5.41) is 2.40. The Labute approximate surface area is 142 Å². The Kier molecular flexibility index (Phi) is 6.50. The zero-order valence-electron chi connectivity index (χ0n) is 13.4. The number of carbonyl (C=O) groups is 2. The minimum Gasteiger partial charge on any atom is -0.469 e. The van der Waals surface area contributed by atoms with Gasteiger partial charge in [0, 0.05) is 6.42 Å². The fraction of sp³-hybridized carbons (Fsp3) is 0.294. The summed E-state index contributed by atoms with van der Waals surface area (Å²) in [7, 11) is 0. The highest BCUT2D eigenvalue weighted by Crippen LogP contribution is 2.25. The van der Waals surface area contributed by atoms with Crippen molar-refractivity contribution in [3.05, 3.63) is 48.4 Å². The number of carbonyl (C=O) groups excluding carboxylic acids is 2. The van der Waals surface area contributed by atoms with Gasteiger partial charge in [-0.1, -0.05) is 12.1 Å². The molecule has 0 aliphatic carbocycles. The van der Waals surface area contributed by atoms with Crippen molar-refractivity contribution in [2.75, 3.05) is 5.32 Å². The van der Waals surface area contributed by atoms with Crippen LogP contribution in [0.3, 0.4) is 0 Å². The molecule has 1 aromatic carbocycles. The van der Waals surface area contributed by atoms with Gasteiger partial charge in [-0.05, 0) is 31.2 Å². The highest BCUT2D eigenvalue weighted by Gasteiger charge is 2.20. The van der Waals surface area contributed by atoms with Gasteiger partial charge in [0.15, 0.2) is 6.10 Å². The molecule has 134 valence electrons. The molecule has 1 atom stereocenters. The summed E-state index contributed by atoms with van der Waals surface area (Å²) in [5.74, 6) is -0.776. The largest absolute Gasteiger partial charge is 0.469 e. The quantitative estimate of drug-likeness (QED) is 0.736. The van der Waals surface area contributed by atoms with Crippen LogP contribution in [-0.4, -0.2) is 24.6 Å². The summed E-state index contributed by atoms with van der Waals surface area (Å²) in [5.41, 5.74) is 0.0614. The second-order valence-electron chi connectivity index (χ2n) is 5.08. The number of nitrogens with one attached hydrogen (secondary N) is 1. The first kappa shape index (κ1) is 18.4. The molecule has 0 aliphatic heterocycles. The van der Waals surface area contributed by atoms with E-state index >= 15 is 0 Å². The van der Waals surface area contributed by atoms with Gasteiger partial charge in [-0.25, -0.2) is 0 Å². The lowest BCUT2D eigenvalue weighted by atomic mass is 10.2. The van der Waals surface area contributed by atoms with Crippen LogP contribution >= 0.6 is 0 Å². The fourth-order valence-corrected chi connectivity index (χ4v) is 1.99. The second kappa shape index (κ2) is 8.81. The SMILES string of the molecule is CC(OC(=O)CCc1ccco1)C(=O)Nc1ccccc1OC(F)F. The maximum Gasteiger partial charge on any atom is 0.387 e. The van der Waals surface area contributed by atoms with E-state index in [1.165, 1.54) is 31.4 Å². The molecule has 8 heteroatoms. The number of amides is 1. The molecule has 1 amide bonds. The van der Waals surface area contributed by atoms with Gasteiger partial charge in [-0.15, -0.1) is 0 Å². The van der Waals surface area contributed by atoms with E-state index in [1.807, 2.05) is 0 Å². The van der Waals surface area contributed by atoms with Crippen molar-refractivity contribution < 1.29 is 32.3 Å². The van der Waals surface area contributed by atoms with Gasteiger partial charge < -0.3 is 19.2 Å². The van der Waals surface area contributed by atoms with Crippen molar-refractivity contribution >= 4 is 17.6 Å². The molecule has 1 heterocycles. The Balaban J connectivity index is 1.86. The Morgan fingerprint density at radius 3 is 2.64 bits per heavy atom. The van der Waals surface area contributed by atoms with Gasteiger partial charge in [-0.3, -0.25) is 9.59 Å². The Bertz CT molecular complexity index is 703. The summed E-state index contributed by atoms with van der Waals surface area (Å²) in [6.07, 6.45) is 0.806. The van der Waals surface area contributed by atoms with Gasteiger partial charge in [0.1, 0.15) is 11.5 Å². The zero-order chi connectivity index (χ0) is 18.2. The van der Waals surface area contributed by atoms with E-state index in [1.54, 1.807) is 18.2 Å². The first-order valence-electron chi connectivity index (χ1n) is 7.52. The second-order valence-corrected chi connectivity index (χ2v) is 5.08. The number of benzene rings is 1. The zero-order valence-corrected chi connectivity index (χ0v) is 13.4. The highest BCUT2D eigenvalue weighted by atomic mass is 19.3. The normalized spacial score (nSPS) is 11.8. The molecule has 25 heavy (non-hydrogen) atoms. The van der Waals surface area contributed by atoms with Crippen molar-refractivity contribution in [1.29, 1.82) is 0 Å². The molecule has 0 spiro atoms. The summed E-state index contributed by atoms with van der Waals surface area (Å²) in [6.45, 7) is -1.63. The number of para-hydroxylation sites is 2. The van der Waals surface area contributed by atoms with Crippen LogP contribution in [0.15, 0.2) is 47.1 Å². The Hall–Kier alpha value is -2.90. The molecule has 0 radical (unpaired) electrons. The molecule has 1 unspecified atom stereocenters. The molecule has 1 aromatic heterocycles. The third kappa shape index (κ3) is 5.91. The number of esters is 1. The molecule has 0 bridgehead atoms. The lowest BCUT2D eigenvalue weighted by Crippen LogP contribution is -2.30. The van der Waals surface area contributed by atoms with Crippen molar-refractivity contribution in [1.82, 2.24) is 0 Å². The number of furan rings is 1. The van der Waals surface area contributed by atoms with E-state index in [0.29, 0.717) is 12.2 Å². The molecule has 2 aromatic rings. The van der Waals surface area contributed by atoms with E-state index in [2.05, 4.69) is 10.1 Å². The Morgan fingerprint density at radius 1 is 1.20 bits per heavy atom. The van der Waals surface area contributed by atoms with Crippen LogP contribution in [0.1, 0.15) is 19.1 Å². The van der Waals surface area contributed by atoms with E-state index in [9.17, 15) is 18.4 Å². The number of alkyl halides is 2. The number of ether oxygens (including phenoxy) is 2.